The fourth-order valence-corrected chi connectivity index (χ4v) is 3.61. The van der Waals surface area contributed by atoms with Crippen LogP contribution in [0.15, 0.2) is 100 Å². The fraction of sp³-hybridized carbons (Fsp3) is 0.0690. The molecule has 9 nitrogen and oxygen atoms in total. The highest BCUT2D eigenvalue weighted by Gasteiger charge is 2.24. The number of hydrogen-bond donors (Lipinski definition) is 1. The quantitative estimate of drug-likeness (QED) is 0.249. The van der Waals surface area contributed by atoms with Crippen LogP contribution in [-0.4, -0.2) is 43.0 Å². The van der Waals surface area contributed by atoms with E-state index in [0.29, 0.717) is 22.1 Å². The van der Waals surface area contributed by atoms with E-state index in [2.05, 4.69) is 14.7 Å². The zero-order valence-electron chi connectivity index (χ0n) is 20.5. The van der Waals surface area contributed by atoms with Crippen molar-refractivity contribution in [3.05, 3.63) is 123 Å². The van der Waals surface area contributed by atoms with Crippen molar-refractivity contribution in [2.24, 2.45) is 4.99 Å². The van der Waals surface area contributed by atoms with Gasteiger partial charge in [-0.25, -0.2) is 19.4 Å². The first-order chi connectivity index (χ1) is 18.4. The van der Waals surface area contributed by atoms with Crippen molar-refractivity contribution < 1.29 is 28.6 Å². The Balaban J connectivity index is 0.000000194. The second-order valence-electron chi connectivity index (χ2n) is 7.87. The van der Waals surface area contributed by atoms with E-state index in [1.54, 1.807) is 60.7 Å². The van der Waals surface area contributed by atoms with Gasteiger partial charge < -0.3 is 19.2 Å². The van der Waals surface area contributed by atoms with Crippen LogP contribution in [0.5, 0.6) is 0 Å². The lowest BCUT2D eigenvalue weighted by Crippen LogP contribution is -2.14. The number of aliphatic imine (C=N–C) groups is 1. The first kappa shape index (κ1) is 25.8. The number of carbonyl (C=O) groups excluding carboxylic acids is 3. The molecular weight excluding hydrogens is 488 g/mol. The number of H-pyrrole nitrogens is 1. The van der Waals surface area contributed by atoms with Gasteiger partial charge >= 0.3 is 17.9 Å². The number of ether oxygens (including phenoxy) is 3. The van der Waals surface area contributed by atoms with Gasteiger partial charge in [-0.3, -0.25) is 4.79 Å². The van der Waals surface area contributed by atoms with Crippen LogP contribution in [0.2, 0.25) is 0 Å². The maximum Gasteiger partial charge on any atom is 0.363 e. The molecule has 0 saturated heterocycles. The molecule has 0 bridgehead atoms. The van der Waals surface area contributed by atoms with Gasteiger partial charge in [-0.15, -0.1) is 0 Å². The van der Waals surface area contributed by atoms with Crippen LogP contribution >= 0.6 is 0 Å². The molecule has 9 heteroatoms. The van der Waals surface area contributed by atoms with Crippen LogP contribution in [0, 0.1) is 0 Å². The minimum absolute atomic E-state index is 0.139. The number of esters is 3. The summed E-state index contributed by atoms with van der Waals surface area (Å²) < 4.78 is 14.5. The lowest BCUT2D eigenvalue weighted by Gasteiger charge is -2.03. The Morgan fingerprint density at radius 2 is 1.50 bits per heavy atom. The maximum absolute atomic E-state index is 12.0. The third-order valence-corrected chi connectivity index (χ3v) is 5.46. The van der Waals surface area contributed by atoms with E-state index in [1.807, 2.05) is 24.3 Å². The van der Waals surface area contributed by atoms with E-state index < -0.39 is 17.9 Å². The number of cyclic esters (lactones) is 1. The van der Waals surface area contributed by atoms with Gasteiger partial charge in [0.1, 0.15) is 5.69 Å². The number of rotatable bonds is 4. The van der Waals surface area contributed by atoms with Gasteiger partial charge in [-0.1, -0.05) is 54.6 Å². The highest BCUT2D eigenvalue weighted by atomic mass is 16.6. The summed E-state index contributed by atoms with van der Waals surface area (Å²) in [6.07, 6.45) is 1.52. The molecule has 0 fully saturated rings. The summed E-state index contributed by atoms with van der Waals surface area (Å²) in [4.78, 5) is 53.2. The normalized spacial score (nSPS) is 13.3. The van der Waals surface area contributed by atoms with Crippen molar-refractivity contribution in [2.75, 3.05) is 14.2 Å². The molecule has 4 aromatic rings. The Hall–Kier alpha value is -5.31. The van der Waals surface area contributed by atoms with Gasteiger partial charge in [0, 0.05) is 10.9 Å². The molecule has 0 unspecified atom stereocenters. The largest absolute Gasteiger partial charge is 0.465 e. The number of benzene rings is 3. The van der Waals surface area contributed by atoms with Crippen molar-refractivity contribution >= 4 is 40.7 Å². The molecule has 5 rings (SSSR count). The number of nitrogens with zero attached hydrogens (tertiary/aromatic N) is 1. The number of carbonyl (C=O) groups is 3. The number of hydrogen-bond acceptors (Lipinski definition) is 8. The third kappa shape index (κ3) is 5.73. The SMILES string of the molecule is COC(=O)c1cc2ccccc2c(=O)[nH]1.COC(=O)c1ccccc1/C=C1/N=C(c2ccccc2)OC1=O. The fourth-order valence-electron chi connectivity index (χ4n) is 3.61. The van der Waals surface area contributed by atoms with Crippen molar-refractivity contribution in [3.8, 4) is 0 Å². The molecule has 0 aliphatic carbocycles. The summed E-state index contributed by atoms with van der Waals surface area (Å²) in [7, 11) is 2.58. The molecule has 0 radical (unpaired) electrons. The summed E-state index contributed by atoms with van der Waals surface area (Å²) in [6, 6.07) is 24.6. The average molecular weight is 511 g/mol. The molecule has 0 atom stereocenters. The number of nitrogens with one attached hydrogen (secondary N) is 1. The zero-order valence-corrected chi connectivity index (χ0v) is 20.5. The molecule has 0 saturated carbocycles. The van der Waals surface area contributed by atoms with E-state index in [-0.39, 0.29) is 22.8 Å². The van der Waals surface area contributed by atoms with Gasteiger partial charge in [-0.2, -0.15) is 0 Å². The Morgan fingerprint density at radius 1 is 0.842 bits per heavy atom. The molecule has 1 aliphatic rings. The van der Waals surface area contributed by atoms with Crippen LogP contribution in [0.1, 0.15) is 32.0 Å². The molecule has 2 heterocycles. The molecule has 1 N–H and O–H groups in total. The van der Waals surface area contributed by atoms with Crippen molar-refractivity contribution in [1.82, 2.24) is 4.98 Å². The van der Waals surface area contributed by atoms with Gasteiger partial charge in [0.05, 0.1) is 19.8 Å². The average Bonchev–Trinajstić information content (AvgIpc) is 3.33. The predicted octanol–water partition coefficient (Wildman–Crippen LogP) is 4.13. The monoisotopic (exact) mass is 510 g/mol. The van der Waals surface area contributed by atoms with Gasteiger partial charge in [0.25, 0.3) is 5.56 Å². The molecule has 1 aromatic heterocycles. The second kappa shape index (κ2) is 11.6. The van der Waals surface area contributed by atoms with E-state index in [9.17, 15) is 19.2 Å². The molecule has 190 valence electrons. The molecule has 0 amide bonds. The second-order valence-corrected chi connectivity index (χ2v) is 7.87. The molecule has 1 aliphatic heterocycles. The third-order valence-electron chi connectivity index (χ3n) is 5.46. The summed E-state index contributed by atoms with van der Waals surface area (Å²) in [5, 5.41) is 1.28. The number of aromatic nitrogens is 1. The molecule has 3 aromatic carbocycles. The minimum atomic E-state index is -0.552. The standard InChI is InChI=1S/C18H13NO4.C11H9NO3/c1-22-17(20)14-10-6-5-9-13(14)11-15-18(21)23-16(19-15)12-7-3-2-4-8-12;1-15-11(14)9-6-7-4-2-3-5-8(7)10(13)12-9/h2-11H,1H3;2-6H,1H3,(H,12,13)/b15-11+;. The Morgan fingerprint density at radius 3 is 2.24 bits per heavy atom. The highest BCUT2D eigenvalue weighted by molar-refractivity contribution is 6.13. The summed E-state index contributed by atoms with van der Waals surface area (Å²) >= 11 is 0. The first-order valence-corrected chi connectivity index (χ1v) is 11.4. The van der Waals surface area contributed by atoms with Gasteiger partial charge in [0.15, 0.2) is 5.70 Å². The number of methoxy groups -OCH3 is 2. The van der Waals surface area contributed by atoms with Crippen LogP contribution < -0.4 is 5.56 Å². The van der Waals surface area contributed by atoms with Crippen molar-refractivity contribution in [1.29, 1.82) is 0 Å². The van der Waals surface area contributed by atoms with Gasteiger partial charge in [0.2, 0.25) is 5.90 Å². The van der Waals surface area contributed by atoms with Crippen LogP contribution in [0.3, 0.4) is 0 Å². The summed E-state index contributed by atoms with van der Waals surface area (Å²) in [5.74, 6) is -1.32. The minimum Gasteiger partial charge on any atom is -0.465 e. The van der Waals surface area contributed by atoms with E-state index in [0.717, 1.165) is 5.39 Å². The van der Waals surface area contributed by atoms with Crippen molar-refractivity contribution in [3.63, 3.8) is 0 Å². The van der Waals surface area contributed by atoms with E-state index >= 15 is 0 Å². The summed E-state index contributed by atoms with van der Waals surface area (Å²) in [5.41, 5.74) is 1.64. The molecular formula is C29H22N2O7. The van der Waals surface area contributed by atoms with Gasteiger partial charge in [-0.05, 0) is 47.4 Å². The van der Waals surface area contributed by atoms with Crippen LogP contribution in [-0.2, 0) is 19.0 Å². The van der Waals surface area contributed by atoms with Crippen molar-refractivity contribution in [2.45, 2.75) is 0 Å². The Labute approximate surface area is 217 Å². The lowest BCUT2D eigenvalue weighted by atomic mass is 10.1. The van der Waals surface area contributed by atoms with E-state index in [4.69, 9.17) is 9.47 Å². The maximum atomic E-state index is 12.0. The number of aromatic amines is 1. The molecule has 38 heavy (non-hydrogen) atoms. The molecule has 0 spiro atoms. The zero-order chi connectivity index (χ0) is 27.1. The lowest BCUT2D eigenvalue weighted by molar-refractivity contribution is -0.129. The van der Waals surface area contributed by atoms with Crippen LogP contribution in [0.4, 0.5) is 0 Å². The highest BCUT2D eigenvalue weighted by Crippen LogP contribution is 2.21. The topological polar surface area (TPSA) is 124 Å². The van der Waals surface area contributed by atoms with E-state index in [1.165, 1.54) is 20.3 Å². The Bertz CT molecular complexity index is 1640. The van der Waals surface area contributed by atoms with Crippen LogP contribution in [0.25, 0.3) is 16.8 Å². The smallest absolute Gasteiger partial charge is 0.363 e. The number of pyridine rings is 1. The number of fused-ring (bicyclic) bond motifs is 1. The first-order valence-electron chi connectivity index (χ1n) is 11.4. The predicted molar refractivity (Wildman–Crippen MR) is 141 cm³/mol. The Kier molecular flexibility index (Phi) is 7.88. The summed E-state index contributed by atoms with van der Waals surface area (Å²) in [6.45, 7) is 0.